The van der Waals surface area contributed by atoms with Crippen molar-refractivity contribution in [1.29, 1.82) is 0 Å². The number of hydrogen-bond donors (Lipinski definition) is 0. The van der Waals surface area contributed by atoms with Gasteiger partial charge in [-0.25, -0.2) is 0 Å². The largest absolute Gasteiger partial charge is 0.347 e. The predicted octanol–water partition coefficient (Wildman–Crippen LogP) is 2.46. The van der Waals surface area contributed by atoms with Crippen LogP contribution in [0.25, 0.3) is 0 Å². The van der Waals surface area contributed by atoms with Gasteiger partial charge in [0.15, 0.2) is 0 Å². The van der Waals surface area contributed by atoms with E-state index in [2.05, 4.69) is 18.2 Å². The van der Waals surface area contributed by atoms with E-state index in [0.29, 0.717) is 25.3 Å². The lowest BCUT2D eigenvalue weighted by atomic mass is 9.73. The van der Waals surface area contributed by atoms with Gasteiger partial charge in [-0.2, -0.15) is 0 Å². The minimum Gasteiger partial charge on any atom is -0.347 e. The van der Waals surface area contributed by atoms with E-state index in [1.54, 1.807) is 0 Å². The van der Waals surface area contributed by atoms with Crippen LogP contribution in [0.1, 0.15) is 34.5 Å². The standard InChI is InChI=1S/C21H25N3O2/c1-22-11-5-8-18(22)19(25)24-12-9-21(10-13-24)14-16-6-3-4-7-17(16)15-23(2)20(21)26/h3-8,11H,9-10,12-15H2,1-2H3. The first kappa shape index (κ1) is 16.9. The van der Waals surface area contributed by atoms with Crippen molar-refractivity contribution in [3.05, 3.63) is 59.4 Å². The summed E-state index contributed by atoms with van der Waals surface area (Å²) < 4.78 is 1.85. The molecule has 1 aromatic heterocycles. The Balaban J connectivity index is 1.56. The van der Waals surface area contributed by atoms with Gasteiger partial charge in [0.05, 0.1) is 5.41 Å². The predicted molar refractivity (Wildman–Crippen MR) is 99.6 cm³/mol. The van der Waals surface area contributed by atoms with Crippen LogP contribution in [0.4, 0.5) is 0 Å². The fraction of sp³-hybridized carbons (Fsp3) is 0.429. The quantitative estimate of drug-likeness (QED) is 0.792. The van der Waals surface area contributed by atoms with Crippen LogP contribution < -0.4 is 0 Å². The molecule has 0 bridgehead atoms. The molecule has 26 heavy (non-hydrogen) atoms. The molecule has 5 nitrogen and oxygen atoms in total. The summed E-state index contributed by atoms with van der Waals surface area (Å²) in [6.07, 6.45) is 4.11. The number of aryl methyl sites for hydroxylation is 1. The van der Waals surface area contributed by atoms with Crippen molar-refractivity contribution >= 4 is 11.8 Å². The fourth-order valence-electron chi connectivity index (χ4n) is 4.43. The molecule has 1 spiro atoms. The number of amides is 2. The smallest absolute Gasteiger partial charge is 0.270 e. The number of piperidine rings is 1. The maximum atomic E-state index is 13.2. The molecule has 136 valence electrons. The molecule has 2 amide bonds. The molecule has 2 aliphatic heterocycles. The zero-order valence-electron chi connectivity index (χ0n) is 15.4. The van der Waals surface area contributed by atoms with E-state index in [1.807, 2.05) is 52.9 Å². The summed E-state index contributed by atoms with van der Waals surface area (Å²) in [5, 5.41) is 0. The molecule has 1 aromatic carbocycles. The molecule has 0 N–H and O–H groups in total. The average Bonchev–Trinajstić information content (AvgIpc) is 3.04. The highest BCUT2D eigenvalue weighted by molar-refractivity contribution is 5.93. The third-order valence-corrected chi connectivity index (χ3v) is 6.03. The summed E-state index contributed by atoms with van der Waals surface area (Å²) in [6.45, 7) is 1.93. The lowest BCUT2D eigenvalue weighted by Crippen LogP contribution is -2.50. The van der Waals surface area contributed by atoms with E-state index in [-0.39, 0.29) is 17.2 Å². The third-order valence-electron chi connectivity index (χ3n) is 6.03. The van der Waals surface area contributed by atoms with Gasteiger partial charge in [-0.3, -0.25) is 9.59 Å². The zero-order valence-corrected chi connectivity index (χ0v) is 15.4. The molecule has 1 saturated heterocycles. The summed E-state index contributed by atoms with van der Waals surface area (Å²) in [6, 6.07) is 12.1. The van der Waals surface area contributed by atoms with Crippen LogP contribution in [-0.2, 0) is 24.8 Å². The first-order chi connectivity index (χ1) is 12.5. The van der Waals surface area contributed by atoms with Crippen molar-refractivity contribution in [2.45, 2.75) is 25.8 Å². The van der Waals surface area contributed by atoms with Crippen LogP contribution >= 0.6 is 0 Å². The van der Waals surface area contributed by atoms with Crippen molar-refractivity contribution in [2.24, 2.45) is 12.5 Å². The summed E-state index contributed by atoms with van der Waals surface area (Å²) in [5.41, 5.74) is 2.83. The van der Waals surface area contributed by atoms with E-state index in [4.69, 9.17) is 0 Å². The molecule has 5 heteroatoms. The summed E-state index contributed by atoms with van der Waals surface area (Å²) >= 11 is 0. The van der Waals surface area contributed by atoms with Crippen LogP contribution in [0.3, 0.4) is 0 Å². The first-order valence-electron chi connectivity index (χ1n) is 9.23. The second kappa shape index (κ2) is 6.31. The number of carbonyl (C=O) groups is 2. The Morgan fingerprint density at radius 2 is 1.69 bits per heavy atom. The highest BCUT2D eigenvalue weighted by Crippen LogP contribution is 2.40. The number of carbonyl (C=O) groups excluding carboxylic acids is 2. The molecule has 2 aromatic rings. The fourth-order valence-corrected chi connectivity index (χ4v) is 4.43. The van der Waals surface area contributed by atoms with Crippen molar-refractivity contribution in [3.63, 3.8) is 0 Å². The number of likely N-dealkylation sites (tertiary alicyclic amines) is 1. The maximum absolute atomic E-state index is 13.2. The second-order valence-electron chi connectivity index (χ2n) is 7.68. The van der Waals surface area contributed by atoms with E-state index in [1.165, 1.54) is 11.1 Å². The van der Waals surface area contributed by atoms with Gasteiger partial charge in [-0.05, 0) is 42.5 Å². The Bertz CT molecular complexity index is 846. The van der Waals surface area contributed by atoms with E-state index in [0.717, 1.165) is 19.3 Å². The van der Waals surface area contributed by atoms with Crippen molar-refractivity contribution in [3.8, 4) is 0 Å². The van der Waals surface area contributed by atoms with Crippen LogP contribution in [0.5, 0.6) is 0 Å². The van der Waals surface area contributed by atoms with Crippen LogP contribution in [0.2, 0.25) is 0 Å². The Labute approximate surface area is 154 Å². The van der Waals surface area contributed by atoms with E-state index < -0.39 is 0 Å². The molecular weight excluding hydrogens is 326 g/mol. The van der Waals surface area contributed by atoms with Gasteiger partial charge in [0.25, 0.3) is 5.91 Å². The molecule has 2 aliphatic rings. The first-order valence-corrected chi connectivity index (χ1v) is 9.23. The Morgan fingerprint density at radius 3 is 2.35 bits per heavy atom. The molecule has 1 fully saturated rings. The maximum Gasteiger partial charge on any atom is 0.270 e. The van der Waals surface area contributed by atoms with Gasteiger partial charge in [-0.15, -0.1) is 0 Å². The number of benzene rings is 1. The van der Waals surface area contributed by atoms with Gasteiger partial charge in [0, 0.05) is 39.9 Å². The lowest BCUT2D eigenvalue weighted by Gasteiger charge is -2.41. The lowest BCUT2D eigenvalue weighted by molar-refractivity contribution is -0.143. The second-order valence-corrected chi connectivity index (χ2v) is 7.68. The van der Waals surface area contributed by atoms with Gasteiger partial charge in [0.2, 0.25) is 5.91 Å². The highest BCUT2D eigenvalue weighted by Gasteiger charge is 2.45. The summed E-state index contributed by atoms with van der Waals surface area (Å²) in [4.78, 5) is 29.7. The SMILES string of the molecule is CN1Cc2ccccc2CC2(CCN(C(=O)c3cccn3C)CC2)C1=O. The van der Waals surface area contributed by atoms with Crippen LogP contribution in [0, 0.1) is 5.41 Å². The van der Waals surface area contributed by atoms with E-state index in [9.17, 15) is 9.59 Å². The normalized spacial score (nSPS) is 19.4. The van der Waals surface area contributed by atoms with Gasteiger partial charge in [0.1, 0.15) is 5.69 Å². The molecule has 3 heterocycles. The van der Waals surface area contributed by atoms with Crippen LogP contribution in [-0.4, -0.2) is 46.3 Å². The molecular formula is C21H25N3O2. The van der Waals surface area contributed by atoms with Gasteiger partial charge in [-0.1, -0.05) is 24.3 Å². The molecule has 0 aliphatic carbocycles. The number of hydrogen-bond acceptors (Lipinski definition) is 2. The summed E-state index contributed by atoms with van der Waals surface area (Å²) in [5.74, 6) is 0.279. The zero-order chi connectivity index (χ0) is 18.3. The van der Waals surface area contributed by atoms with Crippen molar-refractivity contribution in [2.75, 3.05) is 20.1 Å². The summed E-state index contributed by atoms with van der Waals surface area (Å²) in [7, 11) is 3.78. The molecule has 4 rings (SSSR count). The Hall–Kier alpha value is -2.56. The number of fused-ring (bicyclic) bond motifs is 1. The monoisotopic (exact) mass is 351 g/mol. The third kappa shape index (κ3) is 2.71. The minimum atomic E-state index is -0.383. The molecule has 0 atom stereocenters. The Morgan fingerprint density at radius 1 is 1.00 bits per heavy atom. The Kier molecular flexibility index (Phi) is 4.10. The number of nitrogens with zero attached hydrogens (tertiary/aromatic N) is 3. The van der Waals surface area contributed by atoms with E-state index >= 15 is 0 Å². The minimum absolute atomic E-state index is 0.0576. The molecule has 0 unspecified atom stereocenters. The molecule has 0 saturated carbocycles. The van der Waals surface area contributed by atoms with Crippen molar-refractivity contribution < 1.29 is 9.59 Å². The highest BCUT2D eigenvalue weighted by atomic mass is 16.2. The van der Waals surface area contributed by atoms with Gasteiger partial charge < -0.3 is 14.4 Å². The molecule has 0 radical (unpaired) electrons. The van der Waals surface area contributed by atoms with Gasteiger partial charge >= 0.3 is 0 Å². The van der Waals surface area contributed by atoms with Crippen LogP contribution in [0.15, 0.2) is 42.6 Å². The number of aromatic nitrogens is 1. The average molecular weight is 351 g/mol. The topological polar surface area (TPSA) is 45.5 Å². The van der Waals surface area contributed by atoms with Crippen molar-refractivity contribution in [1.82, 2.24) is 14.4 Å². The number of rotatable bonds is 1.